The number of fused-ring (bicyclic) bond motifs is 1. The molecule has 0 aliphatic heterocycles. The highest BCUT2D eigenvalue weighted by Crippen LogP contribution is 2.26. The zero-order valence-electron chi connectivity index (χ0n) is 18.2. The number of hydrogen-bond donors (Lipinski definition) is 1. The summed E-state index contributed by atoms with van der Waals surface area (Å²) in [5.74, 6) is 5.72. The molecule has 8 heteroatoms. The van der Waals surface area contributed by atoms with Gasteiger partial charge in [-0.15, -0.1) is 5.92 Å². The minimum absolute atomic E-state index is 0.0427. The monoisotopic (exact) mass is 442 g/mol. The summed E-state index contributed by atoms with van der Waals surface area (Å²) in [4.78, 5) is 19.7. The van der Waals surface area contributed by atoms with Crippen LogP contribution in [0, 0.1) is 11.8 Å². The number of nitrogens with zero attached hydrogens (tertiary/aromatic N) is 4. The Morgan fingerprint density at radius 3 is 2.64 bits per heavy atom. The summed E-state index contributed by atoms with van der Waals surface area (Å²) in [5, 5.41) is 13.4. The summed E-state index contributed by atoms with van der Waals surface area (Å²) in [7, 11) is 1.58. The molecule has 4 rings (SSSR count). The van der Waals surface area contributed by atoms with Crippen LogP contribution >= 0.6 is 0 Å². The molecule has 0 fully saturated rings. The first-order chi connectivity index (χ1) is 16.1. The topological polar surface area (TPSA) is 98.8 Å². The normalized spacial score (nSPS) is 11.5. The molecule has 1 aromatic carbocycles. The summed E-state index contributed by atoms with van der Waals surface area (Å²) in [6.07, 6.45) is 5.09. The molecule has 0 aliphatic rings. The fraction of sp³-hybridized carbons (Fsp3) is 0.200. The third-order valence-corrected chi connectivity index (χ3v) is 5.10. The lowest BCUT2D eigenvalue weighted by molar-refractivity contribution is -0.137. The Bertz CT molecular complexity index is 1320. The number of carbonyl (C=O) groups is 1. The number of pyridine rings is 2. The second-order valence-corrected chi connectivity index (χ2v) is 7.27. The molecule has 0 aliphatic carbocycles. The number of hydrogen-bond acceptors (Lipinski definition) is 6. The number of carboxylic acids is 1. The number of rotatable bonds is 8. The first kappa shape index (κ1) is 21.8. The lowest BCUT2D eigenvalue weighted by atomic mass is 9.96. The summed E-state index contributed by atoms with van der Waals surface area (Å²) >= 11 is 0. The van der Waals surface area contributed by atoms with Crippen LogP contribution in [-0.4, -0.2) is 37.8 Å². The van der Waals surface area contributed by atoms with Crippen molar-refractivity contribution < 1.29 is 19.4 Å². The van der Waals surface area contributed by atoms with Crippen molar-refractivity contribution in [1.29, 1.82) is 0 Å². The van der Waals surface area contributed by atoms with Crippen LogP contribution in [0.4, 0.5) is 0 Å². The van der Waals surface area contributed by atoms with Crippen LogP contribution in [-0.2, 0) is 11.4 Å². The Morgan fingerprint density at radius 1 is 1.15 bits per heavy atom. The fourth-order valence-electron chi connectivity index (χ4n) is 3.49. The van der Waals surface area contributed by atoms with E-state index in [-0.39, 0.29) is 18.9 Å². The van der Waals surface area contributed by atoms with Crippen molar-refractivity contribution in [1.82, 2.24) is 19.6 Å². The van der Waals surface area contributed by atoms with E-state index in [1.54, 1.807) is 30.8 Å². The second kappa shape index (κ2) is 9.83. The van der Waals surface area contributed by atoms with Gasteiger partial charge in [-0.2, -0.15) is 5.10 Å². The van der Waals surface area contributed by atoms with Crippen LogP contribution in [0.1, 0.15) is 30.4 Å². The van der Waals surface area contributed by atoms with E-state index in [2.05, 4.69) is 26.9 Å². The van der Waals surface area contributed by atoms with Crippen LogP contribution in [0.15, 0.2) is 61.2 Å². The average molecular weight is 442 g/mol. The fourth-order valence-corrected chi connectivity index (χ4v) is 3.49. The van der Waals surface area contributed by atoms with E-state index in [4.69, 9.17) is 14.6 Å². The molecule has 0 saturated heterocycles. The molecular formula is C25H22N4O4. The zero-order chi connectivity index (χ0) is 23.2. The largest absolute Gasteiger partial charge is 0.489 e. The third-order valence-electron chi connectivity index (χ3n) is 5.10. The average Bonchev–Trinajstić information content (AvgIpc) is 3.31. The molecule has 0 saturated carbocycles. The zero-order valence-corrected chi connectivity index (χ0v) is 18.2. The molecule has 3 aromatic heterocycles. The van der Waals surface area contributed by atoms with E-state index in [1.807, 2.05) is 42.6 Å². The molecule has 1 N–H and O–H groups in total. The molecule has 0 unspecified atom stereocenters. The molecule has 1 atom stereocenters. The van der Waals surface area contributed by atoms with Crippen LogP contribution < -0.4 is 9.47 Å². The van der Waals surface area contributed by atoms with Gasteiger partial charge < -0.3 is 14.6 Å². The van der Waals surface area contributed by atoms with Crippen LogP contribution in [0.25, 0.3) is 16.8 Å². The molecule has 0 spiro atoms. The van der Waals surface area contributed by atoms with Gasteiger partial charge in [-0.25, -0.2) is 14.5 Å². The van der Waals surface area contributed by atoms with Gasteiger partial charge in [-0.1, -0.05) is 18.1 Å². The highest BCUT2D eigenvalue weighted by molar-refractivity contribution is 5.69. The number of ether oxygens (including phenoxy) is 2. The van der Waals surface area contributed by atoms with Crippen molar-refractivity contribution >= 4 is 11.6 Å². The smallest absolute Gasteiger partial charge is 0.304 e. The molecule has 4 aromatic rings. The van der Waals surface area contributed by atoms with E-state index < -0.39 is 5.97 Å². The molecule has 0 radical (unpaired) electrons. The lowest BCUT2D eigenvalue weighted by Crippen LogP contribution is -2.05. The second-order valence-electron chi connectivity index (χ2n) is 7.27. The molecule has 0 amide bonds. The molecule has 8 nitrogen and oxygen atoms in total. The Morgan fingerprint density at radius 2 is 1.97 bits per heavy atom. The number of benzene rings is 1. The van der Waals surface area contributed by atoms with Gasteiger partial charge in [0.15, 0.2) is 5.65 Å². The van der Waals surface area contributed by atoms with Gasteiger partial charge in [0, 0.05) is 35.2 Å². The van der Waals surface area contributed by atoms with Crippen molar-refractivity contribution in [3.05, 3.63) is 72.3 Å². The van der Waals surface area contributed by atoms with Gasteiger partial charge in [-0.05, 0) is 36.8 Å². The van der Waals surface area contributed by atoms with E-state index >= 15 is 0 Å². The van der Waals surface area contributed by atoms with Crippen molar-refractivity contribution in [3.63, 3.8) is 0 Å². The SMILES string of the molecule is CC#C[C@@H](CC(=O)O)c1ccc(OCc2cc(-c3ccc(OC)nc3)cn3ncnc23)cc1. The standard InChI is InChI=1S/C25H22N4O4/c1-3-4-18(12-24(30)31)17-5-8-22(9-6-17)33-15-21-11-20(14-29-25(21)27-16-28-29)19-7-10-23(32-2)26-13-19/h5-11,13-14,16,18H,12,15H2,1-2H3,(H,30,31)/t18-/m0/s1. The quantitative estimate of drug-likeness (QED) is 0.412. The molecule has 0 bridgehead atoms. The van der Waals surface area contributed by atoms with Crippen molar-refractivity contribution in [3.8, 4) is 34.6 Å². The van der Waals surface area contributed by atoms with E-state index in [0.29, 0.717) is 17.3 Å². The van der Waals surface area contributed by atoms with Crippen molar-refractivity contribution in [2.24, 2.45) is 0 Å². The molecule has 166 valence electrons. The Hall–Kier alpha value is -4.38. The number of methoxy groups -OCH3 is 1. The Labute approximate surface area is 190 Å². The maximum Gasteiger partial charge on any atom is 0.304 e. The molecule has 33 heavy (non-hydrogen) atoms. The van der Waals surface area contributed by atoms with Crippen LogP contribution in [0.3, 0.4) is 0 Å². The van der Waals surface area contributed by atoms with Crippen LogP contribution in [0.5, 0.6) is 11.6 Å². The number of carboxylic acid groups (broad SMARTS) is 1. The minimum atomic E-state index is -0.882. The Balaban J connectivity index is 1.54. The third kappa shape index (κ3) is 5.10. The van der Waals surface area contributed by atoms with Crippen molar-refractivity contribution in [2.45, 2.75) is 25.9 Å². The number of aliphatic carboxylic acids is 1. The predicted molar refractivity (Wildman–Crippen MR) is 122 cm³/mol. The first-order valence-corrected chi connectivity index (χ1v) is 10.3. The van der Waals surface area contributed by atoms with Gasteiger partial charge in [0.05, 0.1) is 19.4 Å². The van der Waals surface area contributed by atoms with Gasteiger partial charge in [0.1, 0.15) is 18.7 Å². The maximum absolute atomic E-state index is 11.1. The maximum atomic E-state index is 11.1. The van der Waals surface area contributed by atoms with Crippen molar-refractivity contribution in [2.75, 3.05) is 7.11 Å². The summed E-state index contributed by atoms with van der Waals surface area (Å²) in [6.45, 7) is 1.99. The molecular weight excluding hydrogens is 420 g/mol. The predicted octanol–water partition coefficient (Wildman–Crippen LogP) is 3.96. The highest BCUT2D eigenvalue weighted by atomic mass is 16.5. The van der Waals surface area contributed by atoms with Gasteiger partial charge >= 0.3 is 5.97 Å². The first-order valence-electron chi connectivity index (χ1n) is 10.3. The van der Waals surface area contributed by atoms with Gasteiger partial charge in [-0.3, -0.25) is 4.79 Å². The van der Waals surface area contributed by atoms with Gasteiger partial charge in [0.25, 0.3) is 0 Å². The van der Waals surface area contributed by atoms with E-state index in [0.717, 1.165) is 22.3 Å². The summed E-state index contributed by atoms with van der Waals surface area (Å²) in [5.41, 5.74) is 4.25. The summed E-state index contributed by atoms with van der Waals surface area (Å²) in [6, 6.07) is 13.1. The minimum Gasteiger partial charge on any atom is -0.489 e. The lowest BCUT2D eigenvalue weighted by Gasteiger charge is -2.12. The van der Waals surface area contributed by atoms with Crippen LogP contribution in [0.2, 0.25) is 0 Å². The highest BCUT2D eigenvalue weighted by Gasteiger charge is 2.14. The molecule has 3 heterocycles. The van der Waals surface area contributed by atoms with Gasteiger partial charge in [0.2, 0.25) is 5.88 Å². The Kier molecular flexibility index (Phi) is 6.51. The van der Waals surface area contributed by atoms with E-state index in [1.165, 1.54) is 6.33 Å². The number of aromatic nitrogens is 4. The van der Waals surface area contributed by atoms with E-state index in [9.17, 15) is 4.79 Å². The summed E-state index contributed by atoms with van der Waals surface area (Å²) < 4.78 is 12.8.